The van der Waals surface area contributed by atoms with Crippen molar-refractivity contribution >= 4 is 17.4 Å². The molecule has 1 amide bonds. The van der Waals surface area contributed by atoms with Gasteiger partial charge in [0.25, 0.3) is 11.7 Å². The molecule has 2 aliphatic heterocycles. The maximum absolute atomic E-state index is 13.4. The fourth-order valence-corrected chi connectivity index (χ4v) is 5.00. The van der Waals surface area contributed by atoms with E-state index < -0.39 is 17.7 Å². The molecule has 1 N–H and O–H groups in total. The second-order valence-electron chi connectivity index (χ2n) is 9.64. The molecule has 2 atom stereocenters. The predicted octanol–water partition coefficient (Wildman–Crippen LogP) is 5.81. The Kier molecular flexibility index (Phi) is 6.99. The first-order chi connectivity index (χ1) is 18.0. The number of nitrogens with zero attached hydrogens (tertiary/aromatic N) is 1. The van der Waals surface area contributed by atoms with Gasteiger partial charge in [0.15, 0.2) is 0 Å². The minimum absolute atomic E-state index is 0.0549. The molecule has 6 heteroatoms. The number of benzene rings is 3. The molecule has 0 aromatic heterocycles. The molecule has 5 rings (SSSR count). The van der Waals surface area contributed by atoms with Gasteiger partial charge in [-0.25, -0.2) is 0 Å². The summed E-state index contributed by atoms with van der Waals surface area (Å²) in [6.07, 6.45) is 2.72. The molecule has 1 saturated heterocycles. The van der Waals surface area contributed by atoms with E-state index >= 15 is 0 Å². The number of Topliss-reactive ketones (excluding diaryl/α,β-unsaturated/α-hetero) is 1. The molecule has 190 valence electrons. The van der Waals surface area contributed by atoms with Crippen molar-refractivity contribution in [2.24, 2.45) is 0 Å². The highest BCUT2D eigenvalue weighted by Gasteiger charge is 2.46. The first-order valence-electron chi connectivity index (χ1n) is 12.8. The quantitative estimate of drug-likeness (QED) is 0.184. The Morgan fingerprint density at radius 1 is 1.05 bits per heavy atom. The topological polar surface area (TPSA) is 76.1 Å². The van der Waals surface area contributed by atoms with Crippen molar-refractivity contribution in [3.05, 3.63) is 101 Å². The highest BCUT2D eigenvalue weighted by molar-refractivity contribution is 6.46. The minimum Gasteiger partial charge on any atom is -0.507 e. The van der Waals surface area contributed by atoms with E-state index in [9.17, 15) is 14.7 Å². The summed E-state index contributed by atoms with van der Waals surface area (Å²) in [5.41, 5.74) is 3.16. The Morgan fingerprint density at radius 3 is 2.65 bits per heavy atom. The van der Waals surface area contributed by atoms with E-state index in [-0.39, 0.29) is 24.0 Å². The fraction of sp³-hybridized carbons (Fsp3) is 0.290. The maximum Gasteiger partial charge on any atom is 0.295 e. The van der Waals surface area contributed by atoms with Crippen LogP contribution in [0.3, 0.4) is 0 Å². The summed E-state index contributed by atoms with van der Waals surface area (Å²) in [6, 6.07) is 21.6. The molecule has 2 aliphatic rings. The predicted molar refractivity (Wildman–Crippen MR) is 141 cm³/mol. The molecule has 37 heavy (non-hydrogen) atoms. The Labute approximate surface area is 217 Å². The van der Waals surface area contributed by atoms with Crippen molar-refractivity contribution in [1.82, 2.24) is 4.90 Å². The molecule has 2 heterocycles. The summed E-state index contributed by atoms with van der Waals surface area (Å²) < 4.78 is 11.7. The van der Waals surface area contributed by atoms with Gasteiger partial charge in [-0.3, -0.25) is 9.59 Å². The van der Waals surface area contributed by atoms with Crippen molar-refractivity contribution in [3.8, 4) is 11.5 Å². The highest BCUT2D eigenvalue weighted by atomic mass is 16.5. The van der Waals surface area contributed by atoms with Crippen LogP contribution in [0.4, 0.5) is 0 Å². The third-order valence-corrected chi connectivity index (χ3v) is 6.85. The van der Waals surface area contributed by atoms with Crippen LogP contribution in [0.2, 0.25) is 0 Å². The van der Waals surface area contributed by atoms with Gasteiger partial charge in [0.05, 0.1) is 18.2 Å². The van der Waals surface area contributed by atoms with E-state index in [2.05, 4.69) is 6.92 Å². The number of aliphatic hydroxyl groups excluding tert-OH is 1. The Balaban J connectivity index is 1.59. The smallest absolute Gasteiger partial charge is 0.295 e. The first-order valence-corrected chi connectivity index (χ1v) is 12.8. The number of carbonyl (C=O) groups is 2. The SMILES string of the molecule is CCCCOc1cccc([C@@H]2C(=C(O)c3ccc4c(c3)C[C@H](C)O4)C(=O)C(=O)N2Cc2ccccc2)c1. The maximum atomic E-state index is 13.4. The average Bonchev–Trinajstić information content (AvgIpc) is 3.40. The zero-order valence-corrected chi connectivity index (χ0v) is 21.1. The van der Waals surface area contributed by atoms with Gasteiger partial charge in [-0.05, 0) is 60.4 Å². The van der Waals surface area contributed by atoms with Crippen LogP contribution >= 0.6 is 0 Å². The van der Waals surface area contributed by atoms with Crippen LogP contribution in [0.5, 0.6) is 11.5 Å². The molecule has 3 aromatic rings. The van der Waals surface area contributed by atoms with E-state index in [1.807, 2.05) is 73.7 Å². The van der Waals surface area contributed by atoms with Gasteiger partial charge in [0.1, 0.15) is 23.4 Å². The van der Waals surface area contributed by atoms with Gasteiger partial charge < -0.3 is 19.5 Å². The summed E-state index contributed by atoms with van der Waals surface area (Å²) in [7, 11) is 0. The average molecular weight is 498 g/mol. The summed E-state index contributed by atoms with van der Waals surface area (Å²) in [4.78, 5) is 28.3. The van der Waals surface area contributed by atoms with Crippen molar-refractivity contribution < 1.29 is 24.2 Å². The zero-order valence-electron chi connectivity index (χ0n) is 21.1. The van der Waals surface area contributed by atoms with E-state index in [1.54, 1.807) is 6.07 Å². The molecular weight excluding hydrogens is 466 g/mol. The molecule has 0 aliphatic carbocycles. The van der Waals surface area contributed by atoms with Crippen molar-refractivity contribution in [3.63, 3.8) is 0 Å². The van der Waals surface area contributed by atoms with E-state index in [0.717, 1.165) is 36.1 Å². The molecule has 0 radical (unpaired) electrons. The number of unbranched alkanes of at least 4 members (excludes halogenated alkanes) is 1. The lowest BCUT2D eigenvalue weighted by atomic mass is 9.94. The van der Waals surface area contributed by atoms with Crippen LogP contribution < -0.4 is 9.47 Å². The molecule has 6 nitrogen and oxygen atoms in total. The van der Waals surface area contributed by atoms with E-state index in [4.69, 9.17) is 9.47 Å². The number of carbonyl (C=O) groups excluding carboxylic acids is 2. The van der Waals surface area contributed by atoms with Gasteiger partial charge in [-0.2, -0.15) is 0 Å². The second-order valence-corrected chi connectivity index (χ2v) is 9.64. The molecule has 0 unspecified atom stereocenters. The lowest BCUT2D eigenvalue weighted by molar-refractivity contribution is -0.140. The van der Waals surface area contributed by atoms with Crippen LogP contribution in [-0.4, -0.2) is 34.4 Å². The highest BCUT2D eigenvalue weighted by Crippen LogP contribution is 2.42. The lowest BCUT2D eigenvalue weighted by Gasteiger charge is -2.26. The number of ether oxygens (including phenoxy) is 2. The molecular formula is C31H31NO5. The number of hydrogen-bond donors (Lipinski definition) is 1. The number of rotatable bonds is 8. The van der Waals surface area contributed by atoms with Crippen LogP contribution in [0, 0.1) is 0 Å². The summed E-state index contributed by atoms with van der Waals surface area (Å²) in [5, 5.41) is 11.5. The van der Waals surface area contributed by atoms with Crippen molar-refractivity contribution in [1.29, 1.82) is 0 Å². The van der Waals surface area contributed by atoms with Gasteiger partial charge >= 0.3 is 0 Å². The van der Waals surface area contributed by atoms with Crippen molar-refractivity contribution in [2.75, 3.05) is 6.61 Å². The molecule has 0 bridgehead atoms. The summed E-state index contributed by atoms with van der Waals surface area (Å²) in [6.45, 7) is 4.91. The van der Waals surface area contributed by atoms with E-state index in [1.165, 1.54) is 4.90 Å². The monoisotopic (exact) mass is 497 g/mol. The molecule has 0 spiro atoms. The first kappa shape index (κ1) is 24.6. The second kappa shape index (κ2) is 10.5. The largest absolute Gasteiger partial charge is 0.507 e. The third-order valence-electron chi connectivity index (χ3n) is 6.85. The third kappa shape index (κ3) is 4.96. The van der Waals surface area contributed by atoms with Crippen LogP contribution in [-0.2, 0) is 22.6 Å². The molecule has 3 aromatic carbocycles. The summed E-state index contributed by atoms with van der Waals surface area (Å²) in [5.74, 6) is -0.0628. The molecule has 0 saturated carbocycles. The summed E-state index contributed by atoms with van der Waals surface area (Å²) >= 11 is 0. The number of amides is 1. The van der Waals surface area contributed by atoms with Crippen LogP contribution in [0.25, 0.3) is 5.76 Å². The number of likely N-dealkylation sites (tertiary alicyclic amines) is 1. The number of hydrogen-bond acceptors (Lipinski definition) is 5. The minimum atomic E-state index is -0.752. The normalized spacial score (nSPS) is 20.1. The van der Waals surface area contributed by atoms with Gasteiger partial charge in [0.2, 0.25) is 0 Å². The van der Waals surface area contributed by atoms with Crippen LogP contribution in [0.15, 0.2) is 78.4 Å². The Morgan fingerprint density at radius 2 is 1.86 bits per heavy atom. The number of fused-ring (bicyclic) bond motifs is 1. The molecule has 1 fully saturated rings. The Bertz CT molecular complexity index is 1350. The van der Waals surface area contributed by atoms with Crippen LogP contribution in [0.1, 0.15) is 55.0 Å². The standard InChI is InChI=1S/C31H31NO5/c1-3-4-15-36-25-12-8-11-22(18-25)28-27(29(33)23-13-14-26-24(17-23)16-20(2)37-26)30(34)31(35)32(28)19-21-9-6-5-7-10-21/h5-14,17-18,20,28,33H,3-4,15-16,19H2,1-2H3/t20-,28+/m0/s1. The zero-order chi connectivity index (χ0) is 25.9. The van der Waals surface area contributed by atoms with Crippen molar-refractivity contribution in [2.45, 2.75) is 51.8 Å². The van der Waals surface area contributed by atoms with Gasteiger partial charge in [-0.15, -0.1) is 0 Å². The Hall–Kier alpha value is -4.06. The number of aliphatic hydroxyl groups is 1. The van der Waals surface area contributed by atoms with Gasteiger partial charge in [-0.1, -0.05) is 55.8 Å². The number of ketones is 1. The van der Waals surface area contributed by atoms with Gasteiger partial charge in [0, 0.05) is 18.5 Å². The fourth-order valence-electron chi connectivity index (χ4n) is 5.00. The lowest BCUT2D eigenvalue weighted by Crippen LogP contribution is -2.29. The van der Waals surface area contributed by atoms with E-state index in [0.29, 0.717) is 23.5 Å².